The van der Waals surface area contributed by atoms with Gasteiger partial charge in [0.05, 0.1) is 11.9 Å². The van der Waals surface area contributed by atoms with Crippen LogP contribution in [0.15, 0.2) is 6.20 Å². The molecule has 1 unspecified atom stereocenters. The summed E-state index contributed by atoms with van der Waals surface area (Å²) in [5.41, 5.74) is 0.0767. The fourth-order valence-electron chi connectivity index (χ4n) is 1.55. The smallest absolute Gasteiger partial charge is 0.301 e. The van der Waals surface area contributed by atoms with Gasteiger partial charge in [0.25, 0.3) is 0 Å². The molecule has 17 heavy (non-hydrogen) atoms. The molecule has 0 aliphatic heterocycles. The second-order valence-electron chi connectivity index (χ2n) is 3.81. The van der Waals surface area contributed by atoms with Crippen LogP contribution >= 0.6 is 0 Å². The summed E-state index contributed by atoms with van der Waals surface area (Å²) < 4.78 is 40.0. The van der Waals surface area contributed by atoms with E-state index in [1.54, 1.807) is 0 Å². The second-order valence-corrected chi connectivity index (χ2v) is 3.81. The van der Waals surface area contributed by atoms with Crippen LogP contribution in [0.1, 0.15) is 38.4 Å². The standard InChI is InChI=1S/C10H17F3N4/c1-3-5-14-9(10(11,12)13)8-7-15-16-17(8)6-4-2/h7,9,14H,3-6H2,1-2H3. The highest BCUT2D eigenvalue weighted by molar-refractivity contribution is 5.05. The Morgan fingerprint density at radius 3 is 2.59 bits per heavy atom. The van der Waals surface area contributed by atoms with Crippen LogP contribution in [0.3, 0.4) is 0 Å². The molecule has 0 aromatic carbocycles. The molecule has 0 saturated carbocycles. The van der Waals surface area contributed by atoms with E-state index in [4.69, 9.17) is 0 Å². The summed E-state index contributed by atoms with van der Waals surface area (Å²) in [4.78, 5) is 0. The van der Waals surface area contributed by atoms with Crippen molar-refractivity contribution in [3.63, 3.8) is 0 Å². The van der Waals surface area contributed by atoms with Crippen LogP contribution in [0.2, 0.25) is 0 Å². The van der Waals surface area contributed by atoms with E-state index in [0.717, 1.165) is 0 Å². The highest BCUT2D eigenvalue weighted by Crippen LogP contribution is 2.32. The summed E-state index contributed by atoms with van der Waals surface area (Å²) in [7, 11) is 0. The summed E-state index contributed by atoms with van der Waals surface area (Å²) in [5, 5.41) is 9.72. The molecule has 0 aliphatic rings. The number of halogens is 3. The number of rotatable bonds is 6. The van der Waals surface area contributed by atoms with E-state index in [-0.39, 0.29) is 5.69 Å². The normalized spacial score (nSPS) is 13.9. The van der Waals surface area contributed by atoms with E-state index < -0.39 is 12.2 Å². The molecule has 0 spiro atoms. The van der Waals surface area contributed by atoms with Gasteiger partial charge in [-0.15, -0.1) is 5.10 Å². The Kier molecular flexibility index (Phi) is 4.92. The van der Waals surface area contributed by atoms with Gasteiger partial charge in [0.2, 0.25) is 0 Å². The number of aryl methyl sites for hydroxylation is 1. The van der Waals surface area contributed by atoms with E-state index in [1.165, 1.54) is 10.9 Å². The lowest BCUT2D eigenvalue weighted by molar-refractivity contribution is -0.159. The van der Waals surface area contributed by atoms with Gasteiger partial charge in [0.15, 0.2) is 0 Å². The predicted molar refractivity (Wildman–Crippen MR) is 57.4 cm³/mol. The maximum Gasteiger partial charge on any atom is 0.409 e. The first-order chi connectivity index (χ1) is 8.00. The zero-order chi connectivity index (χ0) is 12.9. The number of aromatic nitrogens is 3. The zero-order valence-electron chi connectivity index (χ0n) is 9.96. The molecule has 1 N–H and O–H groups in total. The molecule has 0 radical (unpaired) electrons. The summed E-state index contributed by atoms with van der Waals surface area (Å²) in [5.74, 6) is 0. The summed E-state index contributed by atoms with van der Waals surface area (Å²) in [6.07, 6.45) is -1.80. The third-order valence-corrected chi connectivity index (χ3v) is 2.30. The van der Waals surface area contributed by atoms with Crippen molar-refractivity contribution >= 4 is 0 Å². The molecule has 4 nitrogen and oxygen atoms in total. The average Bonchev–Trinajstić information content (AvgIpc) is 2.66. The molecule has 0 fully saturated rings. The molecule has 1 aromatic rings. The molecule has 0 amide bonds. The summed E-state index contributed by atoms with van der Waals surface area (Å²) >= 11 is 0. The van der Waals surface area contributed by atoms with Gasteiger partial charge in [-0.3, -0.25) is 0 Å². The van der Waals surface area contributed by atoms with Gasteiger partial charge in [-0.05, 0) is 19.4 Å². The number of hydrogen-bond donors (Lipinski definition) is 1. The largest absolute Gasteiger partial charge is 0.409 e. The minimum atomic E-state index is -4.33. The quantitative estimate of drug-likeness (QED) is 0.842. The van der Waals surface area contributed by atoms with Crippen molar-refractivity contribution in [2.45, 2.75) is 45.5 Å². The van der Waals surface area contributed by atoms with Crippen molar-refractivity contribution in [1.82, 2.24) is 20.3 Å². The predicted octanol–water partition coefficient (Wildman–Crippen LogP) is 2.29. The van der Waals surface area contributed by atoms with Crippen LogP contribution in [0, 0.1) is 0 Å². The first-order valence-corrected chi connectivity index (χ1v) is 5.69. The van der Waals surface area contributed by atoms with Gasteiger partial charge in [0, 0.05) is 6.54 Å². The van der Waals surface area contributed by atoms with Gasteiger partial charge < -0.3 is 5.32 Å². The fourth-order valence-corrected chi connectivity index (χ4v) is 1.55. The van der Waals surface area contributed by atoms with E-state index in [1.807, 2.05) is 13.8 Å². The Morgan fingerprint density at radius 2 is 2.06 bits per heavy atom. The van der Waals surface area contributed by atoms with Crippen molar-refractivity contribution in [3.8, 4) is 0 Å². The Bertz CT molecular complexity index is 335. The van der Waals surface area contributed by atoms with Gasteiger partial charge in [-0.25, -0.2) is 4.68 Å². The fraction of sp³-hybridized carbons (Fsp3) is 0.800. The molecular formula is C10H17F3N4. The van der Waals surface area contributed by atoms with Gasteiger partial charge in [-0.1, -0.05) is 19.1 Å². The Hall–Kier alpha value is -1.11. The number of alkyl halides is 3. The Labute approximate surface area is 98.2 Å². The summed E-state index contributed by atoms with van der Waals surface area (Å²) in [6.45, 7) is 4.45. The number of hydrogen-bond acceptors (Lipinski definition) is 3. The van der Waals surface area contributed by atoms with Gasteiger partial charge in [-0.2, -0.15) is 13.2 Å². The lowest BCUT2D eigenvalue weighted by atomic mass is 10.2. The molecule has 1 rings (SSSR count). The molecule has 98 valence electrons. The van der Waals surface area contributed by atoms with E-state index in [2.05, 4.69) is 15.6 Å². The molecule has 0 aliphatic carbocycles. The molecule has 0 bridgehead atoms. The van der Waals surface area contributed by atoms with E-state index in [9.17, 15) is 13.2 Å². The third kappa shape index (κ3) is 3.69. The third-order valence-electron chi connectivity index (χ3n) is 2.30. The zero-order valence-corrected chi connectivity index (χ0v) is 9.96. The van der Waals surface area contributed by atoms with Gasteiger partial charge in [0.1, 0.15) is 6.04 Å². The van der Waals surface area contributed by atoms with Crippen molar-refractivity contribution in [3.05, 3.63) is 11.9 Å². The maximum atomic E-state index is 12.9. The minimum absolute atomic E-state index is 0.0767. The molecule has 1 aromatic heterocycles. The first-order valence-electron chi connectivity index (χ1n) is 5.69. The number of nitrogens with one attached hydrogen (secondary N) is 1. The SMILES string of the molecule is CCCNC(c1cnnn1CCC)C(F)(F)F. The molecule has 1 atom stereocenters. The molecule has 0 saturated heterocycles. The Balaban J connectivity index is 2.91. The second kappa shape index (κ2) is 6.00. The van der Waals surface area contributed by atoms with Crippen LogP contribution in [-0.4, -0.2) is 27.7 Å². The van der Waals surface area contributed by atoms with Crippen LogP contribution in [0.5, 0.6) is 0 Å². The van der Waals surface area contributed by atoms with E-state index >= 15 is 0 Å². The molecule has 7 heteroatoms. The van der Waals surface area contributed by atoms with E-state index in [0.29, 0.717) is 25.9 Å². The van der Waals surface area contributed by atoms with Crippen molar-refractivity contribution < 1.29 is 13.2 Å². The monoisotopic (exact) mass is 250 g/mol. The molecular weight excluding hydrogens is 233 g/mol. The van der Waals surface area contributed by atoms with Crippen molar-refractivity contribution in [2.24, 2.45) is 0 Å². The number of nitrogens with zero attached hydrogens (tertiary/aromatic N) is 3. The Morgan fingerprint density at radius 1 is 1.35 bits per heavy atom. The lowest BCUT2D eigenvalue weighted by Gasteiger charge is -2.21. The van der Waals surface area contributed by atoms with Crippen LogP contribution < -0.4 is 5.32 Å². The van der Waals surface area contributed by atoms with Crippen LogP contribution in [-0.2, 0) is 6.54 Å². The lowest BCUT2D eigenvalue weighted by Crippen LogP contribution is -2.36. The van der Waals surface area contributed by atoms with Crippen LogP contribution in [0.4, 0.5) is 13.2 Å². The average molecular weight is 250 g/mol. The van der Waals surface area contributed by atoms with Crippen LogP contribution in [0.25, 0.3) is 0 Å². The summed E-state index contributed by atoms with van der Waals surface area (Å²) in [6, 6.07) is -1.69. The maximum absolute atomic E-state index is 12.9. The highest BCUT2D eigenvalue weighted by atomic mass is 19.4. The highest BCUT2D eigenvalue weighted by Gasteiger charge is 2.42. The minimum Gasteiger partial charge on any atom is -0.301 e. The topological polar surface area (TPSA) is 42.7 Å². The van der Waals surface area contributed by atoms with Crippen molar-refractivity contribution in [2.75, 3.05) is 6.54 Å². The van der Waals surface area contributed by atoms with Gasteiger partial charge >= 0.3 is 6.18 Å². The molecule has 1 heterocycles. The van der Waals surface area contributed by atoms with Crippen molar-refractivity contribution in [1.29, 1.82) is 0 Å². The first kappa shape index (κ1) is 14.0.